The number of rotatable bonds is 8. The summed E-state index contributed by atoms with van der Waals surface area (Å²) in [6.45, 7) is 11.1. The Hall–Kier alpha value is -1.51. The van der Waals surface area contributed by atoms with Crippen molar-refractivity contribution in [1.82, 2.24) is 5.32 Å². The van der Waals surface area contributed by atoms with Gasteiger partial charge in [0.2, 0.25) is 0 Å². The van der Waals surface area contributed by atoms with Crippen LogP contribution in [0.2, 0.25) is 0 Å². The highest BCUT2D eigenvalue weighted by Crippen LogP contribution is 2.23. The molecule has 1 rings (SSSR count). The van der Waals surface area contributed by atoms with Gasteiger partial charge in [0.05, 0.1) is 0 Å². The number of ether oxygens (including phenoxy) is 2. The quantitative estimate of drug-likeness (QED) is 0.386. The first-order valence-corrected chi connectivity index (χ1v) is 10.6. The molecular weight excluding hydrogens is 473 g/mol. The van der Waals surface area contributed by atoms with Gasteiger partial charge in [-0.1, -0.05) is 13.3 Å². The average Bonchev–Trinajstić information content (AvgIpc) is 2.53. The molecular formula is C21H32INO5. The van der Waals surface area contributed by atoms with Gasteiger partial charge in [0.25, 0.3) is 0 Å². The molecule has 2 N–H and O–H groups in total. The third-order valence-corrected chi connectivity index (χ3v) is 4.99. The number of phenolic OH excluding ortho intramolecular Hbond substituents is 1. The summed E-state index contributed by atoms with van der Waals surface area (Å²) in [6.07, 6.45) is 2.18. The minimum atomic E-state index is -0.925. The maximum Gasteiger partial charge on any atom is 0.408 e. The summed E-state index contributed by atoms with van der Waals surface area (Å²) >= 11 is 2.13. The van der Waals surface area contributed by atoms with Gasteiger partial charge in [0.1, 0.15) is 23.0 Å². The second kappa shape index (κ2) is 10.3. The number of carbonyl (C=O) groups is 2. The first kappa shape index (κ1) is 24.5. The van der Waals surface area contributed by atoms with Gasteiger partial charge in [-0.3, -0.25) is 0 Å². The predicted octanol–water partition coefficient (Wildman–Crippen LogP) is 4.94. The number of nitrogens with one attached hydrogen (secondary N) is 1. The molecule has 1 aromatic carbocycles. The Morgan fingerprint density at radius 3 is 2.39 bits per heavy atom. The van der Waals surface area contributed by atoms with E-state index in [4.69, 9.17) is 9.47 Å². The van der Waals surface area contributed by atoms with Gasteiger partial charge in [-0.25, -0.2) is 9.59 Å². The lowest BCUT2D eigenvalue weighted by molar-refractivity contribution is -0.159. The predicted molar refractivity (Wildman–Crippen MR) is 117 cm³/mol. The van der Waals surface area contributed by atoms with Crippen molar-refractivity contribution in [3.05, 3.63) is 27.3 Å². The average molecular weight is 505 g/mol. The molecule has 0 saturated carbocycles. The van der Waals surface area contributed by atoms with Crippen molar-refractivity contribution in [2.24, 2.45) is 0 Å². The van der Waals surface area contributed by atoms with E-state index in [0.29, 0.717) is 0 Å². The zero-order valence-electron chi connectivity index (χ0n) is 17.6. The molecule has 1 atom stereocenters. The third kappa shape index (κ3) is 9.12. The summed E-state index contributed by atoms with van der Waals surface area (Å²) < 4.78 is 11.9. The largest absolute Gasteiger partial charge is 0.508 e. The standard InChI is InChI=1S/C21H32INO5/c1-7-8-11-21(5,6)27-18(25)17(23-19(26)28-20(2,3)4)13-14-12-15(24)9-10-16(14)22/h9-10,12,17,24H,7-8,11,13H2,1-6H3,(H,23,26). The highest BCUT2D eigenvalue weighted by atomic mass is 127. The number of benzene rings is 1. The van der Waals surface area contributed by atoms with Crippen molar-refractivity contribution < 1.29 is 24.2 Å². The van der Waals surface area contributed by atoms with Gasteiger partial charge >= 0.3 is 12.1 Å². The lowest BCUT2D eigenvalue weighted by Gasteiger charge is -2.29. The molecule has 1 amide bonds. The molecule has 0 fully saturated rings. The number of alkyl carbamates (subject to hydrolysis) is 1. The van der Waals surface area contributed by atoms with Crippen LogP contribution in [0.1, 0.15) is 66.4 Å². The van der Waals surface area contributed by atoms with E-state index in [9.17, 15) is 14.7 Å². The lowest BCUT2D eigenvalue weighted by Crippen LogP contribution is -2.47. The molecule has 0 aliphatic heterocycles. The van der Waals surface area contributed by atoms with Crippen molar-refractivity contribution in [2.75, 3.05) is 0 Å². The SMILES string of the molecule is CCCCC(C)(C)OC(=O)C(Cc1cc(O)ccc1I)NC(=O)OC(C)(C)C. The molecule has 0 aromatic heterocycles. The van der Waals surface area contributed by atoms with E-state index in [1.54, 1.807) is 39.0 Å². The number of hydrogen-bond donors (Lipinski definition) is 2. The van der Waals surface area contributed by atoms with Crippen LogP contribution in [0.5, 0.6) is 5.75 Å². The molecule has 28 heavy (non-hydrogen) atoms. The van der Waals surface area contributed by atoms with Crippen LogP contribution in [0, 0.1) is 3.57 Å². The summed E-state index contributed by atoms with van der Waals surface area (Å²) in [5.74, 6) is -0.422. The lowest BCUT2D eigenvalue weighted by atomic mass is 10.0. The smallest absolute Gasteiger partial charge is 0.408 e. The molecule has 6 nitrogen and oxygen atoms in total. The molecule has 1 aromatic rings. The van der Waals surface area contributed by atoms with Crippen molar-refractivity contribution in [3.8, 4) is 5.75 Å². The summed E-state index contributed by atoms with van der Waals surface area (Å²) in [7, 11) is 0. The van der Waals surface area contributed by atoms with Crippen LogP contribution in [0.15, 0.2) is 18.2 Å². The fourth-order valence-electron chi connectivity index (χ4n) is 2.58. The topological polar surface area (TPSA) is 84.9 Å². The molecule has 7 heteroatoms. The normalized spacial score (nSPS) is 13.0. The Morgan fingerprint density at radius 2 is 1.82 bits per heavy atom. The first-order valence-electron chi connectivity index (χ1n) is 9.53. The zero-order chi connectivity index (χ0) is 21.5. The Balaban J connectivity index is 3.00. The van der Waals surface area contributed by atoms with Gasteiger partial charge in [-0.15, -0.1) is 0 Å². The van der Waals surface area contributed by atoms with Crippen LogP contribution >= 0.6 is 22.6 Å². The van der Waals surface area contributed by atoms with Crippen LogP contribution < -0.4 is 5.32 Å². The summed E-state index contributed by atoms with van der Waals surface area (Å²) in [4.78, 5) is 25.1. The Kier molecular flexibility index (Phi) is 9.04. The fourth-order valence-corrected chi connectivity index (χ4v) is 3.13. The van der Waals surface area contributed by atoms with Gasteiger partial charge in [0, 0.05) is 9.99 Å². The number of unbranched alkanes of at least 4 members (excludes halogenated alkanes) is 1. The van der Waals surface area contributed by atoms with E-state index >= 15 is 0 Å². The summed E-state index contributed by atoms with van der Waals surface area (Å²) in [5, 5.41) is 12.4. The molecule has 0 saturated heterocycles. The zero-order valence-corrected chi connectivity index (χ0v) is 19.8. The van der Waals surface area contributed by atoms with E-state index < -0.39 is 29.3 Å². The molecule has 0 heterocycles. The third-order valence-electron chi connectivity index (χ3n) is 3.94. The number of hydrogen-bond acceptors (Lipinski definition) is 5. The van der Waals surface area contributed by atoms with Crippen LogP contribution in [-0.4, -0.2) is 34.4 Å². The number of esters is 1. The molecule has 1 unspecified atom stereocenters. The first-order chi connectivity index (χ1) is 12.8. The second-order valence-corrected chi connectivity index (χ2v) is 9.63. The van der Waals surface area contributed by atoms with E-state index in [1.807, 2.05) is 13.8 Å². The van der Waals surface area contributed by atoms with Crippen molar-refractivity contribution in [2.45, 2.75) is 84.5 Å². The molecule has 158 valence electrons. The monoisotopic (exact) mass is 505 g/mol. The number of phenols is 1. The Morgan fingerprint density at radius 1 is 1.18 bits per heavy atom. The van der Waals surface area contributed by atoms with E-state index in [0.717, 1.165) is 28.4 Å². The van der Waals surface area contributed by atoms with Crippen molar-refractivity contribution >= 4 is 34.7 Å². The minimum absolute atomic E-state index is 0.100. The van der Waals surface area contributed by atoms with Crippen LogP contribution in [0.4, 0.5) is 4.79 Å². The van der Waals surface area contributed by atoms with Crippen molar-refractivity contribution in [3.63, 3.8) is 0 Å². The maximum atomic E-state index is 12.9. The van der Waals surface area contributed by atoms with E-state index in [2.05, 4.69) is 34.8 Å². The maximum absolute atomic E-state index is 12.9. The van der Waals surface area contributed by atoms with Crippen LogP contribution in [0.3, 0.4) is 0 Å². The highest BCUT2D eigenvalue weighted by molar-refractivity contribution is 14.1. The van der Waals surface area contributed by atoms with Gasteiger partial charge in [-0.2, -0.15) is 0 Å². The highest BCUT2D eigenvalue weighted by Gasteiger charge is 2.31. The molecule has 0 spiro atoms. The molecule has 0 bridgehead atoms. The Labute approximate surface area is 181 Å². The minimum Gasteiger partial charge on any atom is -0.508 e. The van der Waals surface area contributed by atoms with E-state index in [1.165, 1.54) is 0 Å². The summed E-state index contributed by atoms with van der Waals surface area (Å²) in [6, 6.07) is 3.99. The number of halogens is 1. The number of aromatic hydroxyl groups is 1. The molecule has 0 radical (unpaired) electrons. The Bertz CT molecular complexity index is 682. The second-order valence-electron chi connectivity index (χ2n) is 8.46. The van der Waals surface area contributed by atoms with Gasteiger partial charge in [-0.05, 0) is 93.8 Å². The van der Waals surface area contributed by atoms with Crippen molar-refractivity contribution in [1.29, 1.82) is 0 Å². The van der Waals surface area contributed by atoms with Gasteiger partial charge in [0.15, 0.2) is 0 Å². The van der Waals surface area contributed by atoms with Crippen LogP contribution in [0.25, 0.3) is 0 Å². The summed E-state index contributed by atoms with van der Waals surface area (Å²) in [5.41, 5.74) is -0.573. The molecule has 0 aliphatic rings. The van der Waals surface area contributed by atoms with Crippen LogP contribution in [-0.2, 0) is 20.7 Å². The van der Waals surface area contributed by atoms with Gasteiger partial charge < -0.3 is 19.9 Å². The fraction of sp³-hybridized carbons (Fsp3) is 0.619. The molecule has 0 aliphatic carbocycles. The number of carbonyl (C=O) groups excluding carboxylic acids is 2. The number of amides is 1. The van der Waals surface area contributed by atoms with E-state index in [-0.39, 0.29) is 12.2 Å².